The Bertz CT molecular complexity index is 955. The smallest absolute Gasteiger partial charge is 0.0698 e. The van der Waals surface area contributed by atoms with E-state index in [1.54, 1.807) is 0 Å². The molecule has 3 aromatic rings. The number of hydrogen-bond acceptors (Lipinski definition) is 1. The Labute approximate surface area is 189 Å². The first-order valence-corrected chi connectivity index (χ1v) is 13.1. The van der Waals surface area contributed by atoms with Gasteiger partial charge in [0.05, 0.1) is 5.69 Å². The molecule has 1 unspecified atom stereocenters. The van der Waals surface area contributed by atoms with Gasteiger partial charge in [-0.2, -0.15) is 0 Å². The van der Waals surface area contributed by atoms with Gasteiger partial charge >= 0.3 is 0 Å². The fourth-order valence-corrected chi connectivity index (χ4v) is 7.62. The topological polar surface area (TPSA) is 12.4 Å². The van der Waals surface area contributed by atoms with Crippen LogP contribution in [0.4, 0.5) is 5.69 Å². The van der Waals surface area contributed by atoms with Crippen molar-refractivity contribution in [2.45, 2.75) is 64.5 Å². The van der Waals surface area contributed by atoms with Gasteiger partial charge < -0.3 is 0 Å². The Kier molecular flexibility index (Phi) is 7.03. The van der Waals surface area contributed by atoms with Crippen molar-refractivity contribution in [3.05, 3.63) is 90.0 Å². The van der Waals surface area contributed by atoms with E-state index in [9.17, 15) is 0 Å². The van der Waals surface area contributed by atoms with Crippen molar-refractivity contribution in [2.24, 2.45) is 4.99 Å². The number of para-hydroxylation sites is 1. The Balaban J connectivity index is 1.83. The van der Waals surface area contributed by atoms with Crippen LogP contribution in [-0.2, 0) is 0 Å². The molecule has 0 heterocycles. The average Bonchev–Trinajstić information content (AvgIpc) is 3.23. The van der Waals surface area contributed by atoms with Crippen LogP contribution >= 0.6 is 7.92 Å². The molecule has 1 aliphatic carbocycles. The molecule has 4 rings (SSSR count). The van der Waals surface area contributed by atoms with Crippen molar-refractivity contribution in [1.29, 1.82) is 0 Å². The predicted molar refractivity (Wildman–Crippen MR) is 138 cm³/mol. The van der Waals surface area contributed by atoms with Gasteiger partial charge in [-0.25, -0.2) is 0 Å². The molecule has 31 heavy (non-hydrogen) atoms. The minimum atomic E-state index is -0.468. The molecule has 0 amide bonds. The Morgan fingerprint density at radius 2 is 1.23 bits per heavy atom. The number of nitrogens with zero attached hydrogens (tertiary/aromatic N) is 1. The highest BCUT2D eigenvalue weighted by molar-refractivity contribution is 7.74. The molecule has 2 heteroatoms. The zero-order chi connectivity index (χ0) is 21.8. The molecule has 1 saturated carbocycles. The molecule has 0 aliphatic heterocycles. The quantitative estimate of drug-likeness (QED) is 0.358. The lowest BCUT2D eigenvalue weighted by Gasteiger charge is -2.26. The second kappa shape index (κ2) is 9.92. The predicted octanol–water partition coefficient (Wildman–Crippen LogP) is 7.69. The van der Waals surface area contributed by atoms with Gasteiger partial charge in [0, 0.05) is 11.4 Å². The maximum Gasteiger partial charge on any atom is 0.0698 e. The van der Waals surface area contributed by atoms with E-state index in [0.29, 0.717) is 17.5 Å². The second-order valence-electron chi connectivity index (χ2n) is 9.15. The number of rotatable bonds is 6. The molecule has 0 spiro atoms. The van der Waals surface area contributed by atoms with Crippen LogP contribution in [0.15, 0.2) is 83.9 Å². The summed E-state index contributed by atoms with van der Waals surface area (Å²) < 4.78 is 0. The standard InChI is InChI=1S/C29H34NP/c1-21(2)25-17-11-18-26(22(3)4)29(25)30-27-19-12-20-28(27)31(23-13-7-5-8-14-23)24-15-9-6-10-16-24/h5-11,13-18,21-22,28H,12,19-20H2,1-4H3. The summed E-state index contributed by atoms with van der Waals surface area (Å²) >= 11 is 0. The first-order chi connectivity index (χ1) is 15.1. The van der Waals surface area contributed by atoms with Gasteiger partial charge in [-0.05, 0) is 60.8 Å². The van der Waals surface area contributed by atoms with Crippen molar-refractivity contribution in [3.63, 3.8) is 0 Å². The monoisotopic (exact) mass is 427 g/mol. The first-order valence-electron chi connectivity index (χ1n) is 11.7. The molecule has 160 valence electrons. The molecular weight excluding hydrogens is 393 g/mol. The van der Waals surface area contributed by atoms with Crippen LogP contribution in [0, 0.1) is 0 Å². The van der Waals surface area contributed by atoms with Crippen molar-refractivity contribution < 1.29 is 0 Å². The van der Waals surface area contributed by atoms with Crippen LogP contribution in [-0.4, -0.2) is 11.4 Å². The van der Waals surface area contributed by atoms with Crippen LogP contribution in [0.3, 0.4) is 0 Å². The van der Waals surface area contributed by atoms with Gasteiger partial charge in [-0.1, -0.05) is 107 Å². The Hall–Kier alpha value is -2.24. The molecule has 3 aromatic carbocycles. The zero-order valence-electron chi connectivity index (χ0n) is 19.3. The van der Waals surface area contributed by atoms with E-state index in [0.717, 1.165) is 6.42 Å². The maximum atomic E-state index is 5.49. The van der Waals surface area contributed by atoms with Gasteiger partial charge in [0.1, 0.15) is 0 Å². The van der Waals surface area contributed by atoms with Crippen LogP contribution in [0.25, 0.3) is 0 Å². The number of hydrogen-bond donors (Lipinski definition) is 0. The molecule has 1 aliphatic rings. The summed E-state index contributed by atoms with van der Waals surface area (Å²) in [6, 6.07) is 29.0. The normalized spacial score (nSPS) is 17.9. The van der Waals surface area contributed by atoms with Gasteiger partial charge in [0.2, 0.25) is 0 Å². The molecule has 1 fully saturated rings. The highest BCUT2D eigenvalue weighted by atomic mass is 31.1. The Morgan fingerprint density at radius 3 is 1.71 bits per heavy atom. The summed E-state index contributed by atoms with van der Waals surface area (Å²) in [4.78, 5) is 5.49. The largest absolute Gasteiger partial charge is 0.257 e. The van der Waals surface area contributed by atoms with Crippen molar-refractivity contribution in [1.82, 2.24) is 0 Å². The van der Waals surface area contributed by atoms with Crippen molar-refractivity contribution >= 4 is 29.9 Å². The first kappa shape index (κ1) is 22.0. The van der Waals surface area contributed by atoms with Crippen LogP contribution in [0.5, 0.6) is 0 Å². The molecule has 0 aromatic heterocycles. The van der Waals surface area contributed by atoms with Gasteiger partial charge in [0.15, 0.2) is 0 Å². The molecular formula is C29H34NP. The van der Waals surface area contributed by atoms with Gasteiger partial charge in [0.25, 0.3) is 0 Å². The van der Waals surface area contributed by atoms with Crippen molar-refractivity contribution in [2.75, 3.05) is 0 Å². The second-order valence-corrected chi connectivity index (χ2v) is 11.5. The molecule has 0 N–H and O–H groups in total. The fourth-order valence-electron chi connectivity index (χ4n) is 4.69. The summed E-state index contributed by atoms with van der Waals surface area (Å²) in [5, 5.41) is 2.93. The van der Waals surface area contributed by atoms with Crippen molar-refractivity contribution in [3.8, 4) is 0 Å². The van der Waals surface area contributed by atoms with E-state index in [1.165, 1.54) is 46.0 Å². The summed E-state index contributed by atoms with van der Waals surface area (Å²) in [6.45, 7) is 9.15. The van der Waals surface area contributed by atoms with E-state index in [2.05, 4.69) is 107 Å². The summed E-state index contributed by atoms with van der Waals surface area (Å²) in [7, 11) is -0.468. The zero-order valence-corrected chi connectivity index (χ0v) is 20.1. The third-order valence-corrected chi connectivity index (χ3v) is 9.16. The molecule has 1 atom stereocenters. The number of benzene rings is 3. The highest BCUT2D eigenvalue weighted by Gasteiger charge is 2.33. The summed E-state index contributed by atoms with van der Waals surface area (Å²) in [6.07, 6.45) is 3.59. The minimum absolute atomic E-state index is 0.468. The molecule has 1 nitrogen and oxygen atoms in total. The van der Waals surface area contributed by atoms with E-state index in [4.69, 9.17) is 4.99 Å². The van der Waals surface area contributed by atoms with E-state index < -0.39 is 7.92 Å². The SMILES string of the molecule is CC(C)c1cccc(C(C)C)c1N=C1CCCC1P(c1ccccc1)c1ccccc1. The molecule has 0 bridgehead atoms. The van der Waals surface area contributed by atoms with E-state index in [1.807, 2.05) is 0 Å². The average molecular weight is 428 g/mol. The Morgan fingerprint density at radius 1 is 0.710 bits per heavy atom. The fraction of sp³-hybridized carbons (Fsp3) is 0.345. The number of aliphatic imine (C=N–C) groups is 1. The van der Waals surface area contributed by atoms with Crippen LogP contribution in [0.2, 0.25) is 0 Å². The lowest BCUT2D eigenvalue weighted by molar-refractivity contribution is 0.834. The summed E-state index contributed by atoms with van der Waals surface area (Å²) in [5.41, 5.74) is 5.93. The summed E-state index contributed by atoms with van der Waals surface area (Å²) in [5.74, 6) is 0.949. The van der Waals surface area contributed by atoms with Gasteiger partial charge in [-0.3, -0.25) is 4.99 Å². The molecule has 0 radical (unpaired) electrons. The van der Waals surface area contributed by atoms with Gasteiger partial charge in [-0.15, -0.1) is 0 Å². The van der Waals surface area contributed by atoms with E-state index >= 15 is 0 Å². The highest BCUT2D eigenvalue weighted by Crippen LogP contribution is 2.47. The molecule has 0 saturated heterocycles. The third kappa shape index (κ3) is 4.83. The minimum Gasteiger partial charge on any atom is -0.257 e. The lowest BCUT2D eigenvalue weighted by atomic mass is 9.93. The van der Waals surface area contributed by atoms with Crippen LogP contribution in [0.1, 0.15) is 69.9 Å². The van der Waals surface area contributed by atoms with E-state index in [-0.39, 0.29) is 0 Å². The maximum absolute atomic E-state index is 5.49. The third-order valence-electron chi connectivity index (χ3n) is 6.27. The lowest BCUT2D eigenvalue weighted by Crippen LogP contribution is -2.24. The van der Waals surface area contributed by atoms with Crippen LogP contribution < -0.4 is 10.6 Å².